The normalized spacial score (nSPS) is 21.6. The second kappa shape index (κ2) is 8.74. The number of aliphatic imine (C=N–C) groups is 1. The van der Waals surface area contributed by atoms with Crippen LogP contribution in [0.2, 0.25) is 0 Å². The maximum absolute atomic E-state index is 12.7. The van der Waals surface area contributed by atoms with Gasteiger partial charge in [0.25, 0.3) is 5.91 Å². The molecule has 0 saturated carbocycles. The molecule has 2 saturated heterocycles. The van der Waals surface area contributed by atoms with E-state index in [-0.39, 0.29) is 0 Å². The van der Waals surface area contributed by atoms with Crippen LogP contribution in [0.4, 0.5) is 10.5 Å². The van der Waals surface area contributed by atoms with Crippen LogP contribution in [0, 0.1) is 5.92 Å². The Labute approximate surface area is 157 Å². The predicted octanol–water partition coefficient (Wildman–Crippen LogP) is -0.130. The van der Waals surface area contributed by atoms with Gasteiger partial charge in [-0.2, -0.15) is 0 Å². The smallest absolute Gasteiger partial charge is 0.335 e. The maximum Gasteiger partial charge on any atom is 0.335 e. The highest BCUT2D eigenvalue weighted by Crippen LogP contribution is 2.23. The molecule has 3 rings (SSSR count). The number of piperazine rings is 1. The van der Waals surface area contributed by atoms with Crippen LogP contribution in [0.5, 0.6) is 5.75 Å². The quantitative estimate of drug-likeness (QED) is 0.532. The van der Waals surface area contributed by atoms with Crippen molar-refractivity contribution < 1.29 is 19.1 Å². The molecule has 2 heterocycles. The topological polar surface area (TPSA) is 103 Å². The van der Waals surface area contributed by atoms with Gasteiger partial charge in [-0.15, -0.1) is 0 Å². The summed E-state index contributed by atoms with van der Waals surface area (Å²) in [4.78, 5) is 44.4. The van der Waals surface area contributed by atoms with Crippen LogP contribution in [0.25, 0.3) is 0 Å². The Hall–Kier alpha value is -2.78. The lowest BCUT2D eigenvalue weighted by atomic mass is 10.1. The van der Waals surface area contributed by atoms with Gasteiger partial charge in [-0.25, -0.2) is 9.69 Å². The first kappa shape index (κ1) is 19.0. The molecule has 0 aromatic heterocycles. The monoisotopic (exact) mass is 373 g/mol. The number of benzene rings is 1. The van der Waals surface area contributed by atoms with Crippen molar-refractivity contribution in [2.45, 2.75) is 0 Å². The van der Waals surface area contributed by atoms with Gasteiger partial charge in [0.05, 0.1) is 19.3 Å². The molecule has 1 aromatic carbocycles. The van der Waals surface area contributed by atoms with Gasteiger partial charge in [-0.1, -0.05) is 0 Å². The maximum atomic E-state index is 12.7. The van der Waals surface area contributed by atoms with Gasteiger partial charge in [0.1, 0.15) is 5.75 Å². The van der Waals surface area contributed by atoms with Crippen LogP contribution >= 0.6 is 0 Å². The van der Waals surface area contributed by atoms with E-state index in [0.29, 0.717) is 18.0 Å². The fraction of sp³-hybridized carbons (Fsp3) is 0.444. The highest BCUT2D eigenvalue weighted by atomic mass is 16.5. The summed E-state index contributed by atoms with van der Waals surface area (Å²) in [6.07, 6.45) is 1.34. The van der Waals surface area contributed by atoms with Crippen LogP contribution in [-0.2, 0) is 9.59 Å². The number of rotatable bonds is 6. The lowest BCUT2D eigenvalue weighted by Gasteiger charge is -2.28. The summed E-state index contributed by atoms with van der Waals surface area (Å²) in [7, 11) is 1.53. The molecule has 2 N–H and O–H groups in total. The van der Waals surface area contributed by atoms with Crippen molar-refractivity contribution in [1.29, 1.82) is 0 Å². The third-order valence-electron chi connectivity index (χ3n) is 4.54. The van der Waals surface area contributed by atoms with Crippen molar-refractivity contribution in [3.63, 3.8) is 0 Å². The van der Waals surface area contributed by atoms with Gasteiger partial charge in [-0.3, -0.25) is 24.8 Å². The Balaban J connectivity index is 1.65. The van der Waals surface area contributed by atoms with E-state index in [1.54, 1.807) is 24.3 Å². The summed E-state index contributed by atoms with van der Waals surface area (Å²) < 4.78 is 5.08. The SMILES string of the molecule is COc1ccc(N2C(=O)NC(=O)[C@@H](C=NCCN3CCNCC3)C2=O)cc1. The lowest BCUT2D eigenvalue weighted by Crippen LogP contribution is -2.58. The molecule has 4 amide bonds. The number of nitrogens with zero attached hydrogens (tertiary/aromatic N) is 3. The summed E-state index contributed by atoms with van der Waals surface area (Å²) in [5.74, 6) is -1.78. The predicted molar refractivity (Wildman–Crippen MR) is 100 cm³/mol. The van der Waals surface area contributed by atoms with E-state index in [2.05, 4.69) is 20.5 Å². The number of urea groups is 1. The Morgan fingerprint density at radius 3 is 2.56 bits per heavy atom. The van der Waals surface area contributed by atoms with Crippen molar-refractivity contribution in [2.24, 2.45) is 10.9 Å². The second-order valence-corrected chi connectivity index (χ2v) is 6.29. The second-order valence-electron chi connectivity index (χ2n) is 6.29. The van der Waals surface area contributed by atoms with E-state index in [0.717, 1.165) is 37.6 Å². The molecular weight excluding hydrogens is 350 g/mol. The number of hydrogen-bond acceptors (Lipinski definition) is 7. The van der Waals surface area contributed by atoms with Gasteiger partial charge < -0.3 is 10.1 Å². The Morgan fingerprint density at radius 2 is 1.89 bits per heavy atom. The van der Waals surface area contributed by atoms with Crippen molar-refractivity contribution in [2.75, 3.05) is 51.3 Å². The van der Waals surface area contributed by atoms with E-state index in [9.17, 15) is 14.4 Å². The molecule has 0 aliphatic carbocycles. The molecule has 2 fully saturated rings. The molecule has 0 unspecified atom stereocenters. The highest BCUT2D eigenvalue weighted by molar-refractivity contribution is 6.32. The van der Waals surface area contributed by atoms with Crippen LogP contribution < -0.4 is 20.3 Å². The zero-order valence-corrected chi connectivity index (χ0v) is 15.2. The minimum absolute atomic E-state index is 0.366. The number of carbonyl (C=O) groups excluding carboxylic acids is 3. The molecule has 1 atom stereocenters. The number of anilines is 1. The van der Waals surface area contributed by atoms with Crippen molar-refractivity contribution in [3.05, 3.63) is 24.3 Å². The van der Waals surface area contributed by atoms with E-state index in [1.807, 2.05) is 0 Å². The van der Waals surface area contributed by atoms with Gasteiger partial charge >= 0.3 is 6.03 Å². The molecule has 2 aliphatic heterocycles. The first-order valence-electron chi connectivity index (χ1n) is 8.86. The number of imide groups is 2. The minimum atomic E-state index is -1.12. The van der Waals surface area contributed by atoms with Crippen LogP contribution in [0.3, 0.4) is 0 Å². The first-order chi connectivity index (χ1) is 13.1. The average molecular weight is 373 g/mol. The molecule has 0 bridgehead atoms. The number of barbiturate groups is 1. The standard InChI is InChI=1S/C18H23N5O4/c1-27-14-4-2-13(3-5-14)23-17(25)15(16(24)21-18(23)26)12-20-8-11-22-9-6-19-7-10-22/h2-5,12,15,19H,6-11H2,1H3,(H,21,24,26)/t15-/m1/s1. The van der Waals surface area contributed by atoms with E-state index >= 15 is 0 Å². The van der Waals surface area contributed by atoms with E-state index in [1.165, 1.54) is 13.3 Å². The number of ether oxygens (including phenoxy) is 1. The molecule has 27 heavy (non-hydrogen) atoms. The summed E-state index contributed by atoms with van der Waals surface area (Å²) in [5.41, 5.74) is 0.366. The van der Waals surface area contributed by atoms with E-state index < -0.39 is 23.8 Å². The molecule has 1 aromatic rings. The van der Waals surface area contributed by atoms with Crippen LogP contribution in [0.1, 0.15) is 0 Å². The number of carbonyl (C=O) groups is 3. The van der Waals surface area contributed by atoms with Crippen molar-refractivity contribution in [1.82, 2.24) is 15.5 Å². The molecule has 9 nitrogen and oxygen atoms in total. The number of nitrogens with one attached hydrogen (secondary N) is 2. The fourth-order valence-corrected chi connectivity index (χ4v) is 3.01. The summed E-state index contributed by atoms with van der Waals surface area (Å²) >= 11 is 0. The van der Waals surface area contributed by atoms with Gasteiger partial charge in [-0.05, 0) is 24.3 Å². The van der Waals surface area contributed by atoms with Crippen LogP contribution in [0.15, 0.2) is 29.3 Å². The molecule has 0 radical (unpaired) electrons. The Kier molecular flexibility index (Phi) is 6.15. The summed E-state index contributed by atoms with van der Waals surface area (Å²) in [6.45, 7) is 5.07. The first-order valence-corrected chi connectivity index (χ1v) is 8.86. The fourth-order valence-electron chi connectivity index (χ4n) is 3.01. The largest absolute Gasteiger partial charge is 0.497 e. The van der Waals surface area contributed by atoms with Crippen molar-refractivity contribution in [3.8, 4) is 5.75 Å². The Morgan fingerprint density at radius 1 is 1.19 bits per heavy atom. The zero-order chi connectivity index (χ0) is 19.2. The third-order valence-corrected chi connectivity index (χ3v) is 4.54. The van der Waals surface area contributed by atoms with Gasteiger partial charge in [0, 0.05) is 38.9 Å². The number of methoxy groups -OCH3 is 1. The third kappa shape index (κ3) is 4.50. The summed E-state index contributed by atoms with van der Waals surface area (Å²) in [5, 5.41) is 5.49. The molecule has 9 heteroatoms. The minimum Gasteiger partial charge on any atom is -0.497 e. The summed E-state index contributed by atoms with van der Waals surface area (Å²) in [6, 6.07) is 5.70. The van der Waals surface area contributed by atoms with E-state index in [4.69, 9.17) is 4.74 Å². The highest BCUT2D eigenvalue weighted by Gasteiger charge is 2.40. The molecule has 0 spiro atoms. The molecule has 2 aliphatic rings. The zero-order valence-electron chi connectivity index (χ0n) is 15.2. The Bertz CT molecular complexity index is 728. The number of amides is 4. The van der Waals surface area contributed by atoms with Gasteiger partial charge in [0.15, 0.2) is 5.92 Å². The lowest BCUT2D eigenvalue weighted by molar-refractivity contribution is -0.131. The van der Waals surface area contributed by atoms with Gasteiger partial charge in [0.2, 0.25) is 5.91 Å². The van der Waals surface area contributed by atoms with Crippen molar-refractivity contribution >= 4 is 29.7 Å². The van der Waals surface area contributed by atoms with Crippen LogP contribution in [-0.4, -0.2) is 75.3 Å². The molecule has 144 valence electrons. The number of hydrogen-bond donors (Lipinski definition) is 2. The average Bonchev–Trinajstić information content (AvgIpc) is 2.68. The molecular formula is C18H23N5O4.